The molecule has 2 heterocycles. The normalized spacial score (nSPS) is 15.7. The maximum atomic E-state index is 13.4. The second kappa shape index (κ2) is 10.0. The van der Waals surface area contributed by atoms with E-state index in [2.05, 4.69) is 36.4 Å². The summed E-state index contributed by atoms with van der Waals surface area (Å²) in [6, 6.07) is 10.3. The van der Waals surface area contributed by atoms with Crippen LogP contribution < -0.4 is 15.5 Å². The summed E-state index contributed by atoms with van der Waals surface area (Å²) in [5, 5.41) is 5.48. The summed E-state index contributed by atoms with van der Waals surface area (Å²) in [5.74, 6) is 0.0916. The minimum Gasteiger partial charge on any atom is -0.337 e. The van der Waals surface area contributed by atoms with Gasteiger partial charge in [0.05, 0.1) is 5.69 Å². The minimum atomic E-state index is -1.03. The number of anilines is 2. The molecule has 5 amide bonds. The number of imide groups is 1. The van der Waals surface area contributed by atoms with Crippen molar-refractivity contribution in [1.29, 1.82) is 0 Å². The molecule has 0 saturated carbocycles. The Balaban J connectivity index is 1.74. The van der Waals surface area contributed by atoms with Gasteiger partial charge in [-0.3, -0.25) is 10.1 Å². The Morgan fingerprint density at radius 3 is 2.34 bits per heavy atom. The Labute approximate surface area is 207 Å². The van der Waals surface area contributed by atoms with E-state index in [0.717, 1.165) is 17.7 Å². The van der Waals surface area contributed by atoms with E-state index in [1.165, 1.54) is 4.90 Å². The van der Waals surface area contributed by atoms with E-state index in [4.69, 9.17) is 0 Å². The summed E-state index contributed by atoms with van der Waals surface area (Å²) < 4.78 is 0. The molecule has 2 N–H and O–H groups in total. The van der Waals surface area contributed by atoms with Crippen LogP contribution in [0, 0.1) is 0 Å². The highest BCUT2D eigenvalue weighted by Gasteiger charge is 2.51. The van der Waals surface area contributed by atoms with Crippen molar-refractivity contribution < 1.29 is 14.4 Å². The van der Waals surface area contributed by atoms with Crippen molar-refractivity contribution in [1.82, 2.24) is 20.1 Å². The van der Waals surface area contributed by atoms with Gasteiger partial charge in [0.25, 0.3) is 5.91 Å². The summed E-state index contributed by atoms with van der Waals surface area (Å²) in [6.07, 6.45) is 1.57. The first-order valence-corrected chi connectivity index (χ1v) is 11.7. The fourth-order valence-electron chi connectivity index (χ4n) is 3.82. The third-order valence-corrected chi connectivity index (χ3v) is 6.07. The molecule has 1 fully saturated rings. The molecule has 35 heavy (non-hydrogen) atoms. The molecular formula is C26H36N6O3. The Morgan fingerprint density at radius 1 is 1.09 bits per heavy atom. The number of likely N-dealkylation sites (N-methyl/N-ethyl adjacent to an activating group) is 1. The van der Waals surface area contributed by atoms with E-state index < -0.39 is 5.54 Å². The minimum absolute atomic E-state index is 0.0286. The molecule has 0 bridgehead atoms. The van der Waals surface area contributed by atoms with Gasteiger partial charge in [-0.1, -0.05) is 32.9 Å². The van der Waals surface area contributed by atoms with Crippen LogP contribution in [-0.2, 0) is 16.8 Å². The Bertz CT molecular complexity index is 1090. The molecule has 0 atom stereocenters. The molecule has 9 heteroatoms. The van der Waals surface area contributed by atoms with Crippen LogP contribution in [0.2, 0.25) is 0 Å². The number of carbonyl (C=O) groups excluding carboxylic acids is 3. The van der Waals surface area contributed by atoms with Gasteiger partial charge in [0, 0.05) is 25.8 Å². The highest BCUT2D eigenvalue weighted by molar-refractivity contribution is 6.22. The molecule has 1 aliphatic heterocycles. The van der Waals surface area contributed by atoms with Gasteiger partial charge in [-0.25, -0.2) is 19.5 Å². The van der Waals surface area contributed by atoms with Crippen LogP contribution >= 0.6 is 0 Å². The van der Waals surface area contributed by atoms with Gasteiger partial charge in [-0.15, -0.1) is 0 Å². The van der Waals surface area contributed by atoms with Crippen LogP contribution in [0.15, 0.2) is 42.6 Å². The standard InChI is InChI=1S/C26H36N6O3/c1-25(2,3)19-8-10-20(11-9-19)32-22(33)26(4,5)31(24(32)35)17-18-12-13-27-21(16-18)29-23(34)28-14-15-30(6)7/h8-13,16H,14-15,17H2,1-7H3,(H2,27,28,29,34). The molecule has 3 rings (SSSR count). The lowest BCUT2D eigenvalue weighted by Gasteiger charge is -2.27. The number of urea groups is 2. The second-order valence-corrected chi connectivity index (χ2v) is 10.6. The average molecular weight is 481 g/mol. The first kappa shape index (κ1) is 26.2. The molecule has 1 aromatic carbocycles. The molecular weight excluding hydrogens is 444 g/mol. The SMILES string of the molecule is CN(C)CCNC(=O)Nc1cc(CN2C(=O)N(c3ccc(C(C)(C)C)cc3)C(=O)C2(C)C)ccn1. The Morgan fingerprint density at radius 2 is 1.74 bits per heavy atom. The maximum absolute atomic E-state index is 13.4. The third kappa shape index (κ3) is 5.97. The van der Waals surface area contributed by atoms with Crippen molar-refractivity contribution in [2.24, 2.45) is 0 Å². The number of hydrogen-bond acceptors (Lipinski definition) is 5. The number of pyridine rings is 1. The Hall–Kier alpha value is -3.46. The first-order valence-electron chi connectivity index (χ1n) is 11.7. The van der Waals surface area contributed by atoms with E-state index >= 15 is 0 Å². The largest absolute Gasteiger partial charge is 0.337 e. The highest BCUT2D eigenvalue weighted by Crippen LogP contribution is 2.34. The van der Waals surface area contributed by atoms with Crippen molar-refractivity contribution in [3.8, 4) is 0 Å². The van der Waals surface area contributed by atoms with E-state index in [-0.39, 0.29) is 29.9 Å². The zero-order valence-electron chi connectivity index (χ0n) is 21.7. The topological polar surface area (TPSA) is 97.9 Å². The van der Waals surface area contributed by atoms with Crippen LogP contribution in [0.25, 0.3) is 0 Å². The molecule has 1 saturated heterocycles. The maximum Gasteiger partial charge on any atom is 0.332 e. The van der Waals surface area contributed by atoms with Gasteiger partial charge in [0.15, 0.2) is 0 Å². The molecule has 1 aliphatic rings. The summed E-state index contributed by atoms with van der Waals surface area (Å²) in [5.41, 5.74) is 1.37. The van der Waals surface area contributed by atoms with E-state index in [0.29, 0.717) is 18.1 Å². The number of benzene rings is 1. The Kier molecular flexibility index (Phi) is 7.50. The van der Waals surface area contributed by atoms with E-state index in [9.17, 15) is 14.4 Å². The smallest absolute Gasteiger partial charge is 0.332 e. The van der Waals surface area contributed by atoms with Gasteiger partial charge in [-0.05, 0) is 68.8 Å². The summed E-state index contributed by atoms with van der Waals surface area (Å²) in [6.45, 7) is 11.3. The molecule has 9 nitrogen and oxygen atoms in total. The molecule has 2 aromatic rings. The fourth-order valence-corrected chi connectivity index (χ4v) is 3.82. The monoisotopic (exact) mass is 480 g/mol. The van der Waals surface area contributed by atoms with Crippen LogP contribution in [0.3, 0.4) is 0 Å². The second-order valence-electron chi connectivity index (χ2n) is 10.6. The lowest BCUT2D eigenvalue weighted by Crippen LogP contribution is -2.43. The highest BCUT2D eigenvalue weighted by atomic mass is 16.2. The number of amides is 5. The number of aromatic nitrogens is 1. The van der Waals surface area contributed by atoms with Crippen molar-refractivity contribution in [3.63, 3.8) is 0 Å². The van der Waals surface area contributed by atoms with Gasteiger partial charge in [0.1, 0.15) is 11.4 Å². The van der Waals surface area contributed by atoms with Gasteiger partial charge in [-0.2, -0.15) is 0 Å². The predicted molar refractivity (Wildman–Crippen MR) is 137 cm³/mol. The number of rotatable bonds is 7. The summed E-state index contributed by atoms with van der Waals surface area (Å²) >= 11 is 0. The molecule has 0 unspecified atom stereocenters. The predicted octanol–water partition coefficient (Wildman–Crippen LogP) is 3.81. The van der Waals surface area contributed by atoms with Gasteiger partial charge in [0.2, 0.25) is 0 Å². The molecule has 1 aromatic heterocycles. The van der Waals surface area contributed by atoms with Gasteiger partial charge < -0.3 is 15.1 Å². The fraction of sp³-hybridized carbons (Fsp3) is 0.462. The third-order valence-electron chi connectivity index (χ3n) is 6.07. The van der Waals surface area contributed by atoms with Crippen LogP contribution in [0.1, 0.15) is 45.7 Å². The lowest BCUT2D eigenvalue weighted by molar-refractivity contribution is -0.123. The average Bonchev–Trinajstić information content (AvgIpc) is 2.92. The number of nitrogens with one attached hydrogen (secondary N) is 2. The zero-order chi connectivity index (χ0) is 26.0. The van der Waals surface area contributed by atoms with E-state index in [1.54, 1.807) is 37.1 Å². The molecule has 188 valence electrons. The van der Waals surface area contributed by atoms with Crippen molar-refractivity contribution >= 4 is 29.5 Å². The molecule has 0 spiro atoms. The quantitative estimate of drug-likeness (QED) is 0.588. The van der Waals surface area contributed by atoms with Crippen LogP contribution in [0.4, 0.5) is 21.1 Å². The van der Waals surface area contributed by atoms with Crippen molar-refractivity contribution in [3.05, 3.63) is 53.7 Å². The lowest BCUT2D eigenvalue weighted by atomic mass is 9.87. The summed E-state index contributed by atoms with van der Waals surface area (Å²) in [4.78, 5) is 47.7. The number of hydrogen-bond donors (Lipinski definition) is 2. The number of carbonyl (C=O) groups is 3. The molecule has 0 aliphatic carbocycles. The van der Waals surface area contributed by atoms with Crippen molar-refractivity contribution in [2.75, 3.05) is 37.4 Å². The van der Waals surface area contributed by atoms with Gasteiger partial charge >= 0.3 is 12.1 Å². The van der Waals surface area contributed by atoms with Crippen LogP contribution in [-0.4, -0.2) is 65.5 Å². The molecule has 0 radical (unpaired) electrons. The van der Waals surface area contributed by atoms with Crippen LogP contribution in [0.5, 0.6) is 0 Å². The summed E-state index contributed by atoms with van der Waals surface area (Å²) in [7, 11) is 3.86. The number of nitrogens with zero attached hydrogens (tertiary/aromatic N) is 4. The van der Waals surface area contributed by atoms with Crippen molar-refractivity contribution in [2.45, 2.75) is 52.1 Å². The van der Waals surface area contributed by atoms with E-state index in [1.807, 2.05) is 43.3 Å². The zero-order valence-corrected chi connectivity index (χ0v) is 21.7. The first-order chi connectivity index (χ1) is 16.3.